The Labute approximate surface area is 136 Å². The number of benzene rings is 1. The van der Waals surface area contributed by atoms with Crippen LogP contribution in [0, 0.1) is 10.8 Å². The lowest BCUT2D eigenvalue weighted by atomic mass is 9.58. The lowest BCUT2D eigenvalue weighted by Gasteiger charge is -2.54. The quantitative estimate of drug-likeness (QED) is 0.691. The molecule has 0 bridgehead atoms. The molecular weight excluding hydrogens is 328 g/mol. The Bertz CT molecular complexity index is 546. The Morgan fingerprint density at radius 3 is 2.33 bits per heavy atom. The molecule has 3 rings (SSSR count). The molecule has 21 heavy (non-hydrogen) atoms. The van der Waals surface area contributed by atoms with Crippen LogP contribution in [0.25, 0.3) is 0 Å². The van der Waals surface area contributed by atoms with Gasteiger partial charge in [-0.05, 0) is 48.3 Å². The second kappa shape index (κ2) is 4.73. The van der Waals surface area contributed by atoms with Crippen molar-refractivity contribution in [3.8, 4) is 5.75 Å². The predicted octanol–water partition coefficient (Wildman–Crippen LogP) is 5.24. The van der Waals surface area contributed by atoms with Crippen LogP contribution in [-0.4, -0.2) is 10.7 Å². The average molecular weight is 353 g/mol. The van der Waals surface area contributed by atoms with E-state index in [4.69, 9.17) is 4.74 Å². The Morgan fingerprint density at radius 1 is 1.10 bits per heavy atom. The fourth-order valence-electron chi connectivity index (χ4n) is 5.05. The summed E-state index contributed by atoms with van der Waals surface area (Å²) in [6.07, 6.45) is 3.49. The van der Waals surface area contributed by atoms with E-state index in [-0.39, 0.29) is 16.4 Å². The normalized spacial score (nSPS) is 28.8. The Kier molecular flexibility index (Phi) is 3.46. The molecule has 116 valence electrons. The van der Waals surface area contributed by atoms with Crippen molar-refractivity contribution in [1.82, 2.24) is 0 Å². The van der Waals surface area contributed by atoms with E-state index in [1.54, 1.807) is 0 Å². The summed E-state index contributed by atoms with van der Waals surface area (Å²) in [5, 5.41) is 10.6. The van der Waals surface area contributed by atoms with Gasteiger partial charge in [0.1, 0.15) is 11.4 Å². The zero-order valence-electron chi connectivity index (χ0n) is 13.4. The van der Waals surface area contributed by atoms with Crippen LogP contribution in [0.3, 0.4) is 0 Å². The molecule has 0 amide bonds. The van der Waals surface area contributed by atoms with Gasteiger partial charge in [0.15, 0.2) is 0 Å². The zero-order valence-corrected chi connectivity index (χ0v) is 15.0. The molecule has 2 nitrogen and oxygen atoms in total. The van der Waals surface area contributed by atoms with E-state index in [9.17, 15) is 5.11 Å². The Hall–Kier alpha value is -0.540. The number of hydrogen-bond donors (Lipinski definition) is 1. The molecule has 0 aromatic heterocycles. The van der Waals surface area contributed by atoms with E-state index in [0.29, 0.717) is 6.42 Å². The van der Waals surface area contributed by atoms with Crippen molar-refractivity contribution in [2.24, 2.45) is 10.8 Å². The highest BCUT2D eigenvalue weighted by Crippen LogP contribution is 2.56. The van der Waals surface area contributed by atoms with Crippen molar-refractivity contribution in [2.45, 2.75) is 65.1 Å². The summed E-state index contributed by atoms with van der Waals surface area (Å²) < 4.78 is 7.47. The van der Waals surface area contributed by atoms with E-state index < -0.39 is 6.10 Å². The van der Waals surface area contributed by atoms with E-state index in [1.807, 2.05) is 18.2 Å². The first-order valence-electron chi connectivity index (χ1n) is 7.77. The van der Waals surface area contributed by atoms with E-state index in [0.717, 1.165) is 28.6 Å². The second-order valence-electron chi connectivity index (χ2n) is 8.55. The number of halogens is 1. The van der Waals surface area contributed by atoms with Gasteiger partial charge < -0.3 is 9.84 Å². The largest absolute Gasteiger partial charge is 0.487 e. The molecule has 1 N–H and O–H groups in total. The minimum absolute atomic E-state index is 0.231. The van der Waals surface area contributed by atoms with Crippen molar-refractivity contribution in [1.29, 1.82) is 0 Å². The first-order chi connectivity index (χ1) is 9.60. The van der Waals surface area contributed by atoms with Crippen LogP contribution in [0.4, 0.5) is 0 Å². The molecule has 3 heteroatoms. The van der Waals surface area contributed by atoms with Gasteiger partial charge in [0, 0.05) is 16.5 Å². The number of ether oxygens (including phenoxy) is 1. The van der Waals surface area contributed by atoms with E-state index in [2.05, 4.69) is 43.6 Å². The Balaban J connectivity index is 1.99. The van der Waals surface area contributed by atoms with Crippen molar-refractivity contribution in [3.63, 3.8) is 0 Å². The number of aliphatic hydroxyl groups excluding tert-OH is 1. The van der Waals surface area contributed by atoms with Gasteiger partial charge in [0.2, 0.25) is 0 Å². The van der Waals surface area contributed by atoms with Gasteiger partial charge in [0.05, 0.1) is 6.10 Å². The molecule has 1 atom stereocenters. The fraction of sp³-hybridized carbons (Fsp3) is 0.667. The topological polar surface area (TPSA) is 29.5 Å². The Morgan fingerprint density at radius 2 is 1.71 bits per heavy atom. The highest BCUT2D eigenvalue weighted by atomic mass is 79.9. The fourth-order valence-corrected chi connectivity index (χ4v) is 5.43. The van der Waals surface area contributed by atoms with Crippen LogP contribution in [0.1, 0.15) is 65.0 Å². The molecular formula is C18H25BrO2. The zero-order chi connectivity index (χ0) is 15.5. The molecule has 1 aromatic carbocycles. The minimum Gasteiger partial charge on any atom is -0.487 e. The summed E-state index contributed by atoms with van der Waals surface area (Å²) in [5.41, 5.74) is 1.17. The average Bonchev–Trinajstić information content (AvgIpc) is 2.25. The predicted molar refractivity (Wildman–Crippen MR) is 88.5 cm³/mol. The van der Waals surface area contributed by atoms with Crippen LogP contribution in [0.15, 0.2) is 22.7 Å². The molecule has 0 saturated heterocycles. The van der Waals surface area contributed by atoms with Gasteiger partial charge >= 0.3 is 0 Å². The lowest BCUT2D eigenvalue weighted by molar-refractivity contribution is -0.104. The van der Waals surface area contributed by atoms with Crippen LogP contribution in [0.5, 0.6) is 5.75 Å². The highest BCUT2D eigenvalue weighted by Gasteiger charge is 2.51. The van der Waals surface area contributed by atoms with Crippen LogP contribution < -0.4 is 4.74 Å². The summed E-state index contributed by atoms with van der Waals surface area (Å²) in [6, 6.07) is 5.95. The lowest BCUT2D eigenvalue weighted by Crippen LogP contribution is -2.52. The van der Waals surface area contributed by atoms with Gasteiger partial charge in [-0.15, -0.1) is 0 Å². The van der Waals surface area contributed by atoms with Crippen molar-refractivity contribution < 1.29 is 9.84 Å². The van der Waals surface area contributed by atoms with Gasteiger partial charge in [-0.3, -0.25) is 0 Å². The third-order valence-corrected chi connectivity index (χ3v) is 5.27. The van der Waals surface area contributed by atoms with E-state index >= 15 is 0 Å². The summed E-state index contributed by atoms with van der Waals surface area (Å²) in [6.45, 7) is 9.29. The maximum Gasteiger partial charge on any atom is 0.126 e. The molecule has 1 fully saturated rings. The minimum atomic E-state index is -0.434. The molecule has 1 saturated carbocycles. The van der Waals surface area contributed by atoms with Gasteiger partial charge in [-0.2, -0.15) is 0 Å². The van der Waals surface area contributed by atoms with Gasteiger partial charge in [0.25, 0.3) is 0 Å². The van der Waals surface area contributed by atoms with E-state index in [1.165, 1.54) is 6.42 Å². The number of fused-ring (bicyclic) bond motifs is 1. The molecule has 0 unspecified atom stereocenters. The van der Waals surface area contributed by atoms with Crippen molar-refractivity contribution in [2.75, 3.05) is 0 Å². The van der Waals surface area contributed by atoms with Crippen LogP contribution in [0.2, 0.25) is 0 Å². The maximum absolute atomic E-state index is 10.6. The molecule has 1 spiro atoms. The SMILES string of the molecule is CC1(C)CC(C)(C)CC2(C[C@@H](O)c3cc(Br)ccc3O2)C1. The first kappa shape index (κ1) is 15.4. The summed E-state index contributed by atoms with van der Waals surface area (Å²) in [4.78, 5) is 0. The third kappa shape index (κ3) is 3.00. The summed E-state index contributed by atoms with van der Waals surface area (Å²) in [5.74, 6) is 0.852. The van der Waals surface area contributed by atoms with Gasteiger partial charge in [-0.1, -0.05) is 43.6 Å². The second-order valence-corrected chi connectivity index (χ2v) is 9.46. The molecule has 1 aromatic rings. The summed E-state index contributed by atoms with van der Waals surface area (Å²) in [7, 11) is 0. The highest BCUT2D eigenvalue weighted by molar-refractivity contribution is 9.10. The molecule has 1 heterocycles. The number of aliphatic hydroxyl groups is 1. The number of rotatable bonds is 0. The maximum atomic E-state index is 10.6. The molecule has 0 radical (unpaired) electrons. The molecule has 1 aliphatic carbocycles. The number of hydrogen-bond acceptors (Lipinski definition) is 2. The first-order valence-corrected chi connectivity index (χ1v) is 8.56. The van der Waals surface area contributed by atoms with Crippen LogP contribution >= 0.6 is 15.9 Å². The van der Waals surface area contributed by atoms with Crippen molar-refractivity contribution >= 4 is 15.9 Å². The molecule has 2 aliphatic rings. The van der Waals surface area contributed by atoms with Crippen molar-refractivity contribution in [3.05, 3.63) is 28.2 Å². The third-order valence-electron chi connectivity index (χ3n) is 4.78. The van der Waals surface area contributed by atoms with Crippen LogP contribution in [-0.2, 0) is 0 Å². The smallest absolute Gasteiger partial charge is 0.126 e. The monoisotopic (exact) mass is 352 g/mol. The standard InChI is InChI=1S/C18H25BrO2/c1-16(2)9-17(3,4)11-18(10-16)8-14(20)13-7-12(19)5-6-15(13)21-18/h5-7,14,20H,8-11H2,1-4H3/t14-/m1/s1. The summed E-state index contributed by atoms with van der Waals surface area (Å²) >= 11 is 3.47. The molecule has 1 aliphatic heterocycles. The van der Waals surface area contributed by atoms with Gasteiger partial charge in [-0.25, -0.2) is 0 Å².